The molecule has 67 heavy (non-hydrogen) atoms. The van der Waals surface area contributed by atoms with Gasteiger partial charge >= 0.3 is 7.82 Å². The molecule has 0 unspecified atom stereocenters. The van der Waals surface area contributed by atoms with Crippen molar-refractivity contribution in [1.29, 1.82) is 0 Å². The third-order valence-electron chi connectivity index (χ3n) is 11.8. The highest BCUT2D eigenvalue weighted by molar-refractivity contribution is 7.48. The number of carbonyl (C=O) groups is 1. The maximum atomic E-state index is 14.2. The molecule has 0 rings (SSSR count). The minimum Gasteiger partial charge on any atom is -0.395 e. The molecule has 0 spiro atoms. The quantitative estimate of drug-likeness (QED) is 0.0313. The zero-order chi connectivity index (χ0) is 49.3. The molecule has 1 amide bonds. The summed E-state index contributed by atoms with van der Waals surface area (Å²) in [7, 11) is -4.19. The van der Waals surface area contributed by atoms with Gasteiger partial charge in [0.2, 0.25) is 5.91 Å². The van der Waals surface area contributed by atoms with Crippen molar-refractivity contribution in [3.05, 3.63) is 0 Å². The van der Waals surface area contributed by atoms with Gasteiger partial charge in [0, 0.05) is 124 Å². The number of nitrogens with one attached hydrogen (secondary N) is 2. The van der Waals surface area contributed by atoms with Gasteiger partial charge in [-0.25, -0.2) is 4.57 Å². The zero-order valence-corrected chi connectivity index (χ0v) is 43.1. The Morgan fingerprint density at radius 2 is 0.716 bits per heavy atom. The number of nitrogens with zero attached hydrogens (tertiary/aromatic N) is 5. The second-order valence-corrected chi connectivity index (χ2v) is 19.0. The molecule has 0 heterocycles. The monoisotopic (exact) mass is 988 g/mol. The largest absolute Gasteiger partial charge is 0.474 e. The molecule has 19 nitrogen and oxygen atoms in total. The first kappa shape index (κ1) is 66.1. The van der Waals surface area contributed by atoms with Crippen LogP contribution in [0, 0.1) is 0 Å². The van der Waals surface area contributed by atoms with Crippen LogP contribution in [0.4, 0.5) is 0 Å². The molecular formula is C47H102N7O12P. The van der Waals surface area contributed by atoms with E-state index in [1.807, 2.05) is 9.80 Å². The number of hydrogen-bond acceptors (Lipinski definition) is 18. The molecule has 0 radical (unpaired) electrons. The summed E-state index contributed by atoms with van der Waals surface area (Å²) in [6, 6.07) is 0. The van der Waals surface area contributed by atoms with E-state index in [1.165, 1.54) is 88.4 Å². The van der Waals surface area contributed by atoms with E-state index in [0.717, 1.165) is 19.3 Å². The van der Waals surface area contributed by atoms with Crippen LogP contribution in [0.1, 0.15) is 116 Å². The summed E-state index contributed by atoms with van der Waals surface area (Å²) in [5, 5.41) is 73.0. The second-order valence-electron chi connectivity index (χ2n) is 17.3. The van der Waals surface area contributed by atoms with Crippen LogP contribution in [-0.4, -0.2) is 250 Å². The van der Waals surface area contributed by atoms with Crippen molar-refractivity contribution in [2.24, 2.45) is 0 Å². The van der Waals surface area contributed by atoms with Crippen LogP contribution < -0.4 is 10.6 Å². The predicted molar refractivity (Wildman–Crippen MR) is 267 cm³/mol. The first-order valence-corrected chi connectivity index (χ1v) is 27.6. The fraction of sp³-hybridized carbons (Fsp3) is 0.979. The molecule has 0 aromatic rings. The van der Waals surface area contributed by atoms with Crippen molar-refractivity contribution in [3.8, 4) is 0 Å². The molecule has 0 atom stereocenters. The van der Waals surface area contributed by atoms with Gasteiger partial charge in [-0.2, -0.15) is 0 Å². The molecule has 0 aliphatic heterocycles. The van der Waals surface area contributed by atoms with Gasteiger partial charge in [0.15, 0.2) is 0 Å². The third-order valence-corrected chi connectivity index (χ3v) is 13.3. The van der Waals surface area contributed by atoms with E-state index in [9.17, 15) is 34.9 Å². The van der Waals surface area contributed by atoms with Gasteiger partial charge in [0.25, 0.3) is 0 Å². The molecule has 0 bridgehead atoms. The van der Waals surface area contributed by atoms with Crippen LogP contribution in [0.5, 0.6) is 0 Å². The van der Waals surface area contributed by atoms with Gasteiger partial charge in [-0.05, 0) is 6.42 Å². The average molecular weight is 988 g/mol. The highest BCUT2D eigenvalue weighted by atomic mass is 31.2. The fourth-order valence-corrected chi connectivity index (χ4v) is 8.90. The van der Waals surface area contributed by atoms with Crippen molar-refractivity contribution < 1.29 is 58.7 Å². The van der Waals surface area contributed by atoms with Crippen LogP contribution in [0.25, 0.3) is 0 Å². The summed E-state index contributed by atoms with van der Waals surface area (Å²) in [5.74, 6) is -0.0992. The lowest BCUT2D eigenvalue weighted by atomic mass is 10.0. The molecule has 20 heteroatoms. The summed E-state index contributed by atoms with van der Waals surface area (Å²) in [5.41, 5.74) is 0. The van der Waals surface area contributed by atoms with E-state index >= 15 is 0 Å². The number of hydrogen-bond donors (Lipinski definition) is 9. The van der Waals surface area contributed by atoms with Gasteiger partial charge in [-0.15, -0.1) is 0 Å². The van der Waals surface area contributed by atoms with E-state index in [-0.39, 0.29) is 85.1 Å². The van der Waals surface area contributed by atoms with E-state index in [1.54, 1.807) is 0 Å². The Morgan fingerprint density at radius 1 is 0.388 bits per heavy atom. The predicted octanol–water partition coefficient (Wildman–Crippen LogP) is 1.96. The van der Waals surface area contributed by atoms with Gasteiger partial charge in [-0.3, -0.25) is 38.0 Å². The Labute approximate surface area is 406 Å². The smallest absolute Gasteiger partial charge is 0.395 e. The molecule has 9 N–H and O–H groups in total. The number of aliphatic hydroxyl groups is 7. The Morgan fingerprint density at radius 3 is 1.06 bits per heavy atom. The van der Waals surface area contributed by atoms with Crippen molar-refractivity contribution in [1.82, 2.24) is 35.1 Å². The van der Waals surface area contributed by atoms with Crippen molar-refractivity contribution >= 4 is 13.7 Å². The van der Waals surface area contributed by atoms with Crippen LogP contribution in [0.3, 0.4) is 0 Å². The lowest BCUT2D eigenvalue weighted by Crippen LogP contribution is -2.42. The third kappa shape index (κ3) is 41.4. The van der Waals surface area contributed by atoms with E-state index in [4.69, 9.17) is 23.8 Å². The highest BCUT2D eigenvalue weighted by Crippen LogP contribution is 2.49. The number of phosphoric ester groups is 1. The van der Waals surface area contributed by atoms with Crippen LogP contribution in [-0.2, 0) is 22.9 Å². The standard InChI is InChI=1S/C47H102N7O12P/c1-2-3-4-5-6-7-8-9-10-11-12-13-14-15-16-17-18-47(62)54(33-43-61)36-46-66-67(63,64-44-34-52(31-41-59)27-25-50(29-39-57)23-19-48-21-37-55)65-45-35-53(32-42-60)28-26-51(30-40-58)24-20-49-22-38-56/h48-49,55-61H,2-46H2,1H3. The first-order chi connectivity index (χ1) is 32.8. The van der Waals surface area contributed by atoms with E-state index in [0.29, 0.717) is 111 Å². The Kier molecular flexibility index (Phi) is 49.3. The highest BCUT2D eigenvalue weighted by Gasteiger charge is 2.28. The number of amides is 1. The summed E-state index contributed by atoms with van der Waals surface area (Å²) in [4.78, 5) is 22.8. The number of phosphoric acid groups is 1. The van der Waals surface area contributed by atoms with E-state index in [2.05, 4.69) is 27.4 Å². The Bertz CT molecular complexity index is 1050. The maximum Gasteiger partial charge on any atom is 0.474 e. The van der Waals surface area contributed by atoms with Crippen molar-refractivity contribution in [3.63, 3.8) is 0 Å². The summed E-state index contributed by atoms with van der Waals surface area (Å²) in [6.45, 7) is 9.85. The van der Waals surface area contributed by atoms with Crippen molar-refractivity contribution in [2.45, 2.75) is 116 Å². The SMILES string of the molecule is CCCCCCCCCCCCCCCCCCC(=O)N(CCO)CCOP(=O)(OCCN(CCO)CCN(CCO)CCNCCO)OCCN(CCO)CCN(CCO)CCNCCO. The fourth-order valence-electron chi connectivity index (χ4n) is 7.76. The van der Waals surface area contributed by atoms with Gasteiger partial charge in [0.1, 0.15) is 0 Å². The second kappa shape index (κ2) is 50.0. The number of unbranched alkanes of at least 4 members (excludes halogenated alkanes) is 15. The normalized spacial score (nSPS) is 12.2. The zero-order valence-electron chi connectivity index (χ0n) is 42.2. The van der Waals surface area contributed by atoms with Crippen LogP contribution in [0.2, 0.25) is 0 Å². The minimum absolute atomic E-state index is 0.0125. The molecule has 0 aliphatic rings. The molecule has 0 aromatic heterocycles. The van der Waals surface area contributed by atoms with Crippen LogP contribution in [0.15, 0.2) is 0 Å². The topological polar surface area (TPSA) is 244 Å². The van der Waals surface area contributed by atoms with Crippen molar-refractivity contribution in [2.75, 3.05) is 184 Å². The molecular weight excluding hydrogens is 886 g/mol. The molecule has 0 saturated carbocycles. The first-order valence-electron chi connectivity index (χ1n) is 26.1. The van der Waals surface area contributed by atoms with Gasteiger partial charge in [0.05, 0.1) is 66.1 Å². The summed E-state index contributed by atoms with van der Waals surface area (Å²) < 4.78 is 31.8. The Hall–Kier alpha value is -0.940. The lowest BCUT2D eigenvalue weighted by Gasteiger charge is -2.28. The summed E-state index contributed by atoms with van der Waals surface area (Å²) >= 11 is 0. The van der Waals surface area contributed by atoms with Gasteiger partial charge in [-0.1, -0.05) is 103 Å². The lowest BCUT2D eigenvalue weighted by molar-refractivity contribution is -0.132. The minimum atomic E-state index is -4.19. The maximum absolute atomic E-state index is 14.2. The summed E-state index contributed by atoms with van der Waals surface area (Å²) in [6.07, 6.45) is 20.3. The molecule has 0 aliphatic carbocycles. The number of carbonyl (C=O) groups excluding carboxylic acids is 1. The molecule has 0 aromatic carbocycles. The van der Waals surface area contributed by atoms with E-state index < -0.39 is 7.82 Å². The number of rotatable bonds is 55. The van der Waals surface area contributed by atoms with Crippen LogP contribution >= 0.6 is 7.82 Å². The average Bonchev–Trinajstić information content (AvgIpc) is 3.32. The molecule has 402 valence electrons. The molecule has 0 fully saturated rings. The number of aliphatic hydroxyl groups excluding tert-OH is 7. The molecule has 0 saturated heterocycles. The Balaban J connectivity index is 5.31. The van der Waals surface area contributed by atoms with Gasteiger partial charge < -0.3 is 51.3 Å².